The molecule has 5 atom stereocenters. The number of carbonyl (C=O) groups excluding carboxylic acids is 2. The van der Waals surface area contributed by atoms with E-state index in [1.807, 2.05) is 11.0 Å². The highest BCUT2D eigenvalue weighted by molar-refractivity contribution is 5.90. The van der Waals surface area contributed by atoms with E-state index in [9.17, 15) is 9.59 Å². The number of Topliss-reactive ketones (excluding diaryl/α,β-unsaturated/α-hetero) is 1. The molecular weight excluding hydrogens is 338 g/mol. The van der Waals surface area contributed by atoms with E-state index in [1.165, 1.54) is 12.0 Å². The molecule has 27 heavy (non-hydrogen) atoms. The van der Waals surface area contributed by atoms with Crippen molar-refractivity contribution in [2.45, 2.75) is 70.4 Å². The highest BCUT2D eigenvalue weighted by Crippen LogP contribution is 2.44. The van der Waals surface area contributed by atoms with Crippen LogP contribution in [0.2, 0.25) is 0 Å². The zero-order chi connectivity index (χ0) is 19.2. The summed E-state index contributed by atoms with van der Waals surface area (Å²) in [7, 11) is 0. The lowest BCUT2D eigenvalue weighted by Crippen LogP contribution is -2.51. The van der Waals surface area contributed by atoms with Gasteiger partial charge in [-0.25, -0.2) is 4.79 Å². The molecule has 4 heteroatoms. The molecule has 1 aromatic carbocycles. The second-order valence-electron chi connectivity index (χ2n) is 9.36. The molecule has 4 rings (SSSR count). The maximum atomic E-state index is 12.9. The molecule has 0 radical (unpaired) electrons. The third-order valence-corrected chi connectivity index (χ3v) is 7.36. The summed E-state index contributed by atoms with van der Waals surface area (Å²) in [5.41, 5.74) is 1.25. The van der Waals surface area contributed by atoms with Gasteiger partial charge in [0.1, 0.15) is 11.9 Å². The zero-order valence-corrected chi connectivity index (χ0v) is 16.7. The van der Waals surface area contributed by atoms with Crippen LogP contribution in [0.4, 0.5) is 4.79 Å². The number of amides is 1. The largest absolute Gasteiger partial charge is 0.446 e. The molecule has 0 aromatic heterocycles. The molecule has 3 fully saturated rings. The Morgan fingerprint density at radius 2 is 1.89 bits per heavy atom. The Balaban J connectivity index is 1.50. The number of carbonyl (C=O) groups is 2. The van der Waals surface area contributed by atoms with Gasteiger partial charge in [-0.15, -0.1) is 0 Å². The Kier molecular flexibility index (Phi) is 4.77. The monoisotopic (exact) mass is 369 g/mol. The first-order valence-corrected chi connectivity index (χ1v) is 10.4. The number of benzene rings is 1. The Morgan fingerprint density at radius 1 is 1.15 bits per heavy atom. The van der Waals surface area contributed by atoms with E-state index in [4.69, 9.17) is 4.74 Å². The standard InChI is InChI=1S/C23H31NO3/c1-15-9-10-18(23(2,3)16-7-5-4-6-8-16)21(13-15)27-22(26)24-12-11-17-19(24)14-20(17)25/h4-8,15,17-19,21H,9-14H2,1-3H3/t15-,17?,18-,19?,21-/m1/s1. The average molecular weight is 370 g/mol. The van der Waals surface area contributed by atoms with Crippen molar-refractivity contribution in [3.8, 4) is 0 Å². The first kappa shape index (κ1) is 18.5. The molecule has 1 aromatic rings. The molecular formula is C23H31NO3. The highest BCUT2D eigenvalue weighted by Gasteiger charge is 2.51. The second kappa shape index (κ2) is 6.96. The van der Waals surface area contributed by atoms with Crippen molar-refractivity contribution in [1.29, 1.82) is 0 Å². The van der Waals surface area contributed by atoms with Crippen LogP contribution in [0.1, 0.15) is 58.4 Å². The van der Waals surface area contributed by atoms with Gasteiger partial charge in [0.15, 0.2) is 0 Å². The summed E-state index contributed by atoms with van der Waals surface area (Å²) in [4.78, 5) is 26.4. The number of ether oxygens (including phenoxy) is 1. The molecule has 3 aliphatic rings. The number of hydrogen-bond donors (Lipinski definition) is 0. The Hall–Kier alpha value is -1.84. The normalized spacial score (nSPS) is 33.4. The molecule has 4 nitrogen and oxygen atoms in total. The summed E-state index contributed by atoms with van der Waals surface area (Å²) in [6.45, 7) is 7.47. The van der Waals surface area contributed by atoms with Crippen LogP contribution in [0, 0.1) is 17.8 Å². The fraction of sp³-hybridized carbons (Fsp3) is 0.652. The average Bonchev–Trinajstić information content (AvgIpc) is 2.99. The van der Waals surface area contributed by atoms with Crippen molar-refractivity contribution in [3.63, 3.8) is 0 Å². The van der Waals surface area contributed by atoms with Gasteiger partial charge in [-0.1, -0.05) is 57.5 Å². The van der Waals surface area contributed by atoms with Crippen LogP contribution < -0.4 is 0 Å². The summed E-state index contributed by atoms with van der Waals surface area (Å²) < 4.78 is 6.13. The molecule has 0 N–H and O–H groups in total. The number of hydrogen-bond acceptors (Lipinski definition) is 3. The fourth-order valence-corrected chi connectivity index (χ4v) is 5.47. The smallest absolute Gasteiger partial charge is 0.410 e. The van der Waals surface area contributed by atoms with Crippen molar-refractivity contribution >= 4 is 11.9 Å². The molecule has 1 aliphatic heterocycles. The van der Waals surface area contributed by atoms with E-state index >= 15 is 0 Å². The van der Waals surface area contributed by atoms with Crippen LogP contribution in [0.3, 0.4) is 0 Å². The number of likely N-dealkylation sites (tertiary alicyclic amines) is 1. The minimum absolute atomic E-state index is 0.0493. The Labute approximate surface area is 162 Å². The maximum absolute atomic E-state index is 12.9. The van der Waals surface area contributed by atoms with Crippen LogP contribution in [0.25, 0.3) is 0 Å². The Bertz CT molecular complexity index is 714. The molecule has 0 bridgehead atoms. The van der Waals surface area contributed by atoms with Crippen LogP contribution >= 0.6 is 0 Å². The van der Waals surface area contributed by atoms with Gasteiger partial charge in [0.2, 0.25) is 0 Å². The lowest BCUT2D eigenvalue weighted by Gasteiger charge is -2.44. The molecule has 0 spiro atoms. The van der Waals surface area contributed by atoms with Gasteiger partial charge in [-0.3, -0.25) is 4.79 Å². The quantitative estimate of drug-likeness (QED) is 0.784. The van der Waals surface area contributed by atoms with Crippen LogP contribution in [0.15, 0.2) is 30.3 Å². The number of nitrogens with zero attached hydrogens (tertiary/aromatic N) is 1. The maximum Gasteiger partial charge on any atom is 0.410 e. The predicted octanol–water partition coefficient (Wildman–Crippen LogP) is 4.57. The highest BCUT2D eigenvalue weighted by atomic mass is 16.6. The summed E-state index contributed by atoms with van der Waals surface area (Å²) in [5, 5.41) is 0. The third-order valence-electron chi connectivity index (χ3n) is 7.36. The van der Waals surface area contributed by atoms with Crippen molar-refractivity contribution < 1.29 is 14.3 Å². The van der Waals surface area contributed by atoms with Crippen LogP contribution in [0.5, 0.6) is 0 Å². The zero-order valence-electron chi connectivity index (χ0n) is 16.7. The molecule has 2 saturated carbocycles. The van der Waals surface area contributed by atoms with Gasteiger partial charge in [0, 0.05) is 24.8 Å². The minimum atomic E-state index is -0.206. The van der Waals surface area contributed by atoms with Gasteiger partial charge < -0.3 is 9.64 Å². The van der Waals surface area contributed by atoms with Crippen LogP contribution in [-0.2, 0) is 14.9 Å². The first-order valence-electron chi connectivity index (χ1n) is 10.4. The molecule has 146 valence electrons. The van der Waals surface area contributed by atoms with Gasteiger partial charge >= 0.3 is 6.09 Å². The summed E-state index contributed by atoms with van der Waals surface area (Å²) in [6, 6.07) is 10.7. The van der Waals surface area contributed by atoms with Gasteiger partial charge in [0.05, 0.1) is 6.04 Å². The van der Waals surface area contributed by atoms with Crippen molar-refractivity contribution in [2.24, 2.45) is 17.8 Å². The predicted molar refractivity (Wildman–Crippen MR) is 104 cm³/mol. The molecule has 1 saturated heterocycles. The van der Waals surface area contributed by atoms with Crippen molar-refractivity contribution in [3.05, 3.63) is 35.9 Å². The lowest BCUT2D eigenvalue weighted by molar-refractivity contribution is -0.131. The fourth-order valence-electron chi connectivity index (χ4n) is 5.47. The van der Waals surface area contributed by atoms with E-state index in [2.05, 4.69) is 45.0 Å². The first-order chi connectivity index (χ1) is 12.9. The van der Waals surface area contributed by atoms with E-state index in [1.54, 1.807) is 0 Å². The topological polar surface area (TPSA) is 46.6 Å². The number of fused-ring (bicyclic) bond motifs is 1. The van der Waals surface area contributed by atoms with E-state index < -0.39 is 0 Å². The second-order valence-corrected chi connectivity index (χ2v) is 9.36. The summed E-state index contributed by atoms with van der Waals surface area (Å²) in [6.07, 6.45) is 4.23. The summed E-state index contributed by atoms with van der Waals surface area (Å²) in [5.74, 6) is 1.26. The SMILES string of the molecule is C[C@@H]1CC[C@@H](C(C)(C)c2ccccc2)[C@H](OC(=O)N2CCC3C(=O)CC32)C1. The van der Waals surface area contributed by atoms with Gasteiger partial charge in [-0.2, -0.15) is 0 Å². The number of ketones is 1. The van der Waals surface area contributed by atoms with Crippen LogP contribution in [-0.4, -0.2) is 35.5 Å². The molecule has 2 unspecified atom stereocenters. The van der Waals surface area contributed by atoms with Crippen molar-refractivity contribution in [2.75, 3.05) is 6.54 Å². The molecule has 1 heterocycles. The number of rotatable bonds is 3. The minimum Gasteiger partial charge on any atom is -0.446 e. The lowest BCUT2D eigenvalue weighted by atomic mass is 9.64. The molecule has 1 amide bonds. The molecule has 2 aliphatic carbocycles. The Morgan fingerprint density at radius 3 is 2.56 bits per heavy atom. The van der Waals surface area contributed by atoms with E-state index in [0.29, 0.717) is 30.6 Å². The summed E-state index contributed by atoms with van der Waals surface area (Å²) >= 11 is 0. The van der Waals surface area contributed by atoms with Gasteiger partial charge in [-0.05, 0) is 36.2 Å². The van der Waals surface area contributed by atoms with Crippen molar-refractivity contribution in [1.82, 2.24) is 4.90 Å². The van der Waals surface area contributed by atoms with Gasteiger partial charge in [0.25, 0.3) is 0 Å². The third kappa shape index (κ3) is 3.28. The van der Waals surface area contributed by atoms with E-state index in [0.717, 1.165) is 19.3 Å². The van der Waals surface area contributed by atoms with E-state index in [-0.39, 0.29) is 29.6 Å².